The van der Waals surface area contributed by atoms with Gasteiger partial charge in [-0.25, -0.2) is 0 Å². The number of rotatable bonds is 6. The average molecular weight is 439 g/mol. The Morgan fingerprint density at radius 3 is 2.76 bits per heavy atom. The number of aromatic nitrogens is 2. The van der Waals surface area contributed by atoms with E-state index in [1.807, 2.05) is 25.4 Å². The molecule has 2 atom stereocenters. The molecule has 1 fully saturated rings. The summed E-state index contributed by atoms with van der Waals surface area (Å²) < 4.78 is 0. The topological polar surface area (TPSA) is 58.5 Å². The Morgan fingerprint density at radius 2 is 1.94 bits per heavy atom. The molecule has 1 saturated heterocycles. The quantitative estimate of drug-likeness (QED) is 0.576. The molecule has 0 radical (unpaired) electrons. The van der Waals surface area contributed by atoms with Crippen LogP contribution >= 0.6 is 0 Å². The largest absolute Gasteiger partial charge is 0.305 e. The maximum Gasteiger partial charge on any atom is 0.139 e. The van der Waals surface area contributed by atoms with Crippen LogP contribution in [0.4, 0.5) is 0 Å². The van der Waals surface area contributed by atoms with E-state index >= 15 is 0 Å². The van der Waals surface area contributed by atoms with Crippen molar-refractivity contribution < 1.29 is 4.79 Å². The van der Waals surface area contributed by atoms with Crippen LogP contribution in [0.15, 0.2) is 59.9 Å². The van der Waals surface area contributed by atoms with Crippen molar-refractivity contribution in [3.05, 3.63) is 94.1 Å². The Hall–Kier alpha value is -3.18. The van der Waals surface area contributed by atoms with E-state index < -0.39 is 0 Å². The van der Waals surface area contributed by atoms with Gasteiger partial charge in [-0.2, -0.15) is 0 Å². The Labute approximate surface area is 195 Å². The molecule has 5 rings (SSSR count). The molecule has 3 aromatic rings. The summed E-state index contributed by atoms with van der Waals surface area (Å²) in [5.74, 6) is 1.03. The number of pyridine rings is 2. The van der Waals surface area contributed by atoms with Crippen LogP contribution in [0, 0.1) is 19.8 Å². The predicted octanol–water partition coefficient (Wildman–Crippen LogP) is 4.29. The van der Waals surface area contributed by atoms with Crippen molar-refractivity contribution in [3.63, 3.8) is 0 Å². The third-order valence-electron chi connectivity index (χ3n) is 6.96. The van der Waals surface area contributed by atoms with Gasteiger partial charge in [-0.3, -0.25) is 19.8 Å². The molecule has 5 nitrogen and oxygen atoms in total. The zero-order valence-electron chi connectivity index (χ0n) is 19.6. The lowest BCUT2D eigenvalue weighted by Crippen LogP contribution is -2.18. The van der Waals surface area contributed by atoms with Gasteiger partial charge in [-0.15, -0.1) is 0 Å². The molecule has 1 aromatic carbocycles. The number of benzene rings is 1. The first-order valence-electron chi connectivity index (χ1n) is 11.7. The van der Waals surface area contributed by atoms with Crippen LogP contribution in [0.5, 0.6) is 0 Å². The number of likely N-dealkylation sites (tertiary alicyclic amines) is 1. The molecular weight excluding hydrogens is 408 g/mol. The van der Waals surface area contributed by atoms with Crippen LogP contribution in [-0.2, 0) is 17.8 Å². The normalized spacial score (nSPS) is 20.0. The summed E-state index contributed by atoms with van der Waals surface area (Å²) in [6.45, 7) is 6.77. The van der Waals surface area contributed by atoms with Gasteiger partial charge in [-0.05, 0) is 61.7 Å². The third-order valence-corrected chi connectivity index (χ3v) is 6.96. The number of nitrogens with zero attached hydrogens (tertiary/aromatic N) is 4. The van der Waals surface area contributed by atoms with Crippen LogP contribution in [0.1, 0.15) is 51.5 Å². The van der Waals surface area contributed by atoms with Crippen LogP contribution in [-0.4, -0.2) is 46.5 Å². The first kappa shape index (κ1) is 21.7. The molecule has 0 aliphatic carbocycles. The fraction of sp³-hybridized carbons (Fsp3) is 0.357. The molecular formula is C28H30N4O. The monoisotopic (exact) mass is 438 g/mol. The van der Waals surface area contributed by atoms with E-state index in [0.717, 1.165) is 46.9 Å². The molecule has 0 saturated carbocycles. The van der Waals surface area contributed by atoms with E-state index in [2.05, 4.69) is 65.2 Å². The summed E-state index contributed by atoms with van der Waals surface area (Å²) in [7, 11) is 2.15. The molecule has 0 spiro atoms. The highest BCUT2D eigenvalue weighted by Crippen LogP contribution is 2.36. The number of carbonyl (C=O) groups is 1. The molecule has 5 heteroatoms. The Morgan fingerprint density at radius 1 is 1.09 bits per heavy atom. The van der Waals surface area contributed by atoms with Crippen molar-refractivity contribution >= 4 is 11.5 Å². The summed E-state index contributed by atoms with van der Waals surface area (Å²) in [5, 5.41) is 0. The van der Waals surface area contributed by atoms with Gasteiger partial charge in [0, 0.05) is 66.8 Å². The van der Waals surface area contributed by atoms with E-state index in [0.29, 0.717) is 31.2 Å². The standard InChI is InChI=1S/C28H30N4O/c1-18-6-4-5-7-25(18)27-17-32(3)16-22(27)12-24(33)13-23-11-21-14-31-28(26(21)15-30-23)20-8-9-29-19(2)10-20/h4-11,15,22,27H,12-14,16-17H2,1-3H3/t22-,27-/m0/s1. The second-order valence-electron chi connectivity index (χ2n) is 9.55. The minimum atomic E-state index is 0.269. The summed E-state index contributed by atoms with van der Waals surface area (Å²) in [6, 6.07) is 14.7. The van der Waals surface area contributed by atoms with Crippen LogP contribution < -0.4 is 0 Å². The van der Waals surface area contributed by atoms with E-state index in [9.17, 15) is 4.79 Å². The van der Waals surface area contributed by atoms with Gasteiger partial charge < -0.3 is 4.90 Å². The van der Waals surface area contributed by atoms with Crippen molar-refractivity contribution in [2.24, 2.45) is 10.9 Å². The number of aryl methyl sites for hydroxylation is 2. The van der Waals surface area contributed by atoms with Crippen LogP contribution in [0.25, 0.3) is 0 Å². The van der Waals surface area contributed by atoms with Crippen molar-refractivity contribution in [2.45, 2.75) is 39.2 Å². The minimum Gasteiger partial charge on any atom is -0.305 e. The third kappa shape index (κ3) is 4.51. The molecule has 0 unspecified atom stereocenters. The van der Waals surface area contributed by atoms with Gasteiger partial charge in [0.15, 0.2) is 0 Å². The smallest absolute Gasteiger partial charge is 0.139 e. The van der Waals surface area contributed by atoms with Gasteiger partial charge in [0.25, 0.3) is 0 Å². The summed E-state index contributed by atoms with van der Waals surface area (Å²) in [4.78, 5) is 29.1. The fourth-order valence-electron chi connectivity index (χ4n) is 5.39. The SMILES string of the molecule is Cc1cc(C2=NCc3cc(CC(=O)C[C@H]4CN(C)C[C@@H]4c4ccccc4C)ncc32)ccn1. The van der Waals surface area contributed by atoms with Crippen molar-refractivity contribution in [3.8, 4) is 0 Å². The Balaban J connectivity index is 1.28. The molecule has 0 N–H and O–H groups in total. The number of likely N-dealkylation sites (N-methyl/N-ethyl adjacent to an activating group) is 1. The average Bonchev–Trinajstić information content (AvgIpc) is 3.37. The Kier molecular flexibility index (Phi) is 5.90. The predicted molar refractivity (Wildman–Crippen MR) is 131 cm³/mol. The van der Waals surface area contributed by atoms with E-state index in [1.54, 1.807) is 0 Å². The summed E-state index contributed by atoms with van der Waals surface area (Å²) >= 11 is 0. The minimum absolute atomic E-state index is 0.269. The molecule has 2 aliphatic heterocycles. The van der Waals surface area contributed by atoms with Crippen molar-refractivity contribution in [1.29, 1.82) is 0 Å². The number of fused-ring (bicyclic) bond motifs is 1. The lowest BCUT2D eigenvalue weighted by Gasteiger charge is -2.20. The molecule has 2 aromatic heterocycles. The van der Waals surface area contributed by atoms with Crippen LogP contribution in [0.2, 0.25) is 0 Å². The highest BCUT2D eigenvalue weighted by atomic mass is 16.1. The number of Topliss-reactive ketones (excluding diaryl/α,β-unsaturated/α-hetero) is 1. The van der Waals surface area contributed by atoms with Gasteiger partial charge in [0.05, 0.1) is 12.3 Å². The van der Waals surface area contributed by atoms with Crippen molar-refractivity contribution in [2.75, 3.05) is 20.1 Å². The molecule has 4 heterocycles. The zero-order valence-corrected chi connectivity index (χ0v) is 19.6. The number of hydrogen-bond acceptors (Lipinski definition) is 5. The fourth-order valence-corrected chi connectivity index (χ4v) is 5.39. The molecule has 2 aliphatic rings. The first-order valence-corrected chi connectivity index (χ1v) is 11.7. The molecule has 168 valence electrons. The summed E-state index contributed by atoms with van der Waals surface area (Å²) in [5.41, 5.74) is 8.77. The number of hydrogen-bond donors (Lipinski definition) is 0. The van der Waals surface area contributed by atoms with E-state index in [4.69, 9.17) is 4.99 Å². The second-order valence-corrected chi connectivity index (χ2v) is 9.55. The second kappa shape index (κ2) is 8.99. The van der Waals surface area contributed by atoms with E-state index in [1.165, 1.54) is 11.1 Å². The molecule has 0 amide bonds. The van der Waals surface area contributed by atoms with Gasteiger partial charge >= 0.3 is 0 Å². The lowest BCUT2D eigenvalue weighted by molar-refractivity contribution is -0.119. The number of carbonyl (C=O) groups excluding carboxylic acids is 1. The van der Waals surface area contributed by atoms with Gasteiger partial charge in [0.1, 0.15) is 5.78 Å². The highest BCUT2D eigenvalue weighted by Gasteiger charge is 2.34. The highest BCUT2D eigenvalue weighted by molar-refractivity contribution is 6.15. The maximum absolute atomic E-state index is 13.1. The zero-order chi connectivity index (χ0) is 22.9. The van der Waals surface area contributed by atoms with Gasteiger partial charge in [-0.1, -0.05) is 24.3 Å². The summed E-state index contributed by atoms with van der Waals surface area (Å²) in [6.07, 6.45) is 4.69. The first-order chi connectivity index (χ1) is 16.0. The maximum atomic E-state index is 13.1. The van der Waals surface area contributed by atoms with Crippen LogP contribution in [0.3, 0.4) is 0 Å². The Bertz CT molecular complexity index is 1230. The number of ketones is 1. The van der Waals surface area contributed by atoms with Crippen molar-refractivity contribution in [1.82, 2.24) is 14.9 Å². The number of aliphatic imine (C=N–C) groups is 1. The van der Waals surface area contributed by atoms with E-state index in [-0.39, 0.29) is 5.78 Å². The molecule has 0 bridgehead atoms. The molecule has 33 heavy (non-hydrogen) atoms. The lowest BCUT2D eigenvalue weighted by atomic mass is 9.83. The van der Waals surface area contributed by atoms with Gasteiger partial charge in [0.2, 0.25) is 0 Å².